The molecule has 21 heavy (non-hydrogen) atoms. The van der Waals surface area contributed by atoms with E-state index in [1.807, 2.05) is 12.1 Å². The first kappa shape index (κ1) is 16.4. The number of rotatable bonds is 6. The summed E-state index contributed by atoms with van der Waals surface area (Å²) in [7, 11) is 4.34. The van der Waals surface area contributed by atoms with Crippen LogP contribution in [0.3, 0.4) is 0 Å². The summed E-state index contributed by atoms with van der Waals surface area (Å²) >= 11 is 0. The molecule has 1 aromatic rings. The van der Waals surface area contributed by atoms with E-state index >= 15 is 0 Å². The summed E-state index contributed by atoms with van der Waals surface area (Å²) in [5.74, 6) is -0.113. The minimum Gasteiger partial charge on any atom is -0.309 e. The average Bonchev–Trinajstić information content (AvgIpc) is 2.47. The fourth-order valence-electron chi connectivity index (χ4n) is 3.21. The third-order valence-electron chi connectivity index (χ3n) is 4.42. The van der Waals surface area contributed by atoms with Crippen LogP contribution in [0.15, 0.2) is 24.3 Å². The maximum absolute atomic E-state index is 14.1. The Labute approximate surface area is 128 Å². The quantitative estimate of drug-likeness (QED) is 0.869. The molecule has 118 valence electrons. The topological polar surface area (TPSA) is 18.5 Å². The van der Waals surface area contributed by atoms with Crippen molar-refractivity contribution >= 4 is 0 Å². The van der Waals surface area contributed by atoms with Gasteiger partial charge in [0.15, 0.2) is 0 Å². The van der Waals surface area contributed by atoms with Gasteiger partial charge in [0.05, 0.1) is 0 Å². The van der Waals surface area contributed by atoms with Gasteiger partial charge in [-0.3, -0.25) is 0 Å². The number of hydrogen-bond donors (Lipinski definition) is 1. The number of benzene rings is 1. The molecule has 2 rings (SSSR count). The highest BCUT2D eigenvalue weighted by atomic mass is 19.1. The smallest absolute Gasteiger partial charge is 0.128 e. The highest BCUT2D eigenvalue weighted by molar-refractivity contribution is 5.21. The van der Waals surface area contributed by atoms with Crippen molar-refractivity contribution in [1.82, 2.24) is 15.1 Å². The summed E-state index contributed by atoms with van der Waals surface area (Å²) < 4.78 is 14.1. The van der Waals surface area contributed by atoms with Gasteiger partial charge in [0, 0.05) is 30.7 Å². The van der Waals surface area contributed by atoms with Crippen LogP contribution in [0, 0.1) is 5.82 Å². The molecule has 4 heteroatoms. The van der Waals surface area contributed by atoms with Crippen LogP contribution < -0.4 is 5.32 Å². The molecular weight excluding hydrogens is 265 g/mol. The van der Waals surface area contributed by atoms with Crippen molar-refractivity contribution in [1.29, 1.82) is 0 Å². The Morgan fingerprint density at radius 2 is 2.19 bits per heavy atom. The molecule has 1 aliphatic heterocycles. The lowest BCUT2D eigenvalue weighted by Crippen LogP contribution is -2.47. The van der Waals surface area contributed by atoms with E-state index in [4.69, 9.17) is 0 Å². The molecule has 3 nitrogen and oxygen atoms in total. The molecule has 2 atom stereocenters. The molecule has 0 radical (unpaired) electrons. The van der Waals surface area contributed by atoms with Crippen molar-refractivity contribution in [2.24, 2.45) is 0 Å². The van der Waals surface area contributed by atoms with Crippen LogP contribution in [0.5, 0.6) is 0 Å². The number of hydrogen-bond acceptors (Lipinski definition) is 3. The van der Waals surface area contributed by atoms with E-state index < -0.39 is 0 Å². The van der Waals surface area contributed by atoms with Crippen molar-refractivity contribution in [3.8, 4) is 0 Å². The van der Waals surface area contributed by atoms with Gasteiger partial charge in [0.25, 0.3) is 0 Å². The van der Waals surface area contributed by atoms with Crippen molar-refractivity contribution in [2.75, 3.05) is 40.3 Å². The number of likely N-dealkylation sites (N-methyl/N-ethyl adjacent to an activating group) is 3. The second-order valence-corrected chi connectivity index (χ2v) is 6.13. The first-order valence-electron chi connectivity index (χ1n) is 7.98. The fourth-order valence-corrected chi connectivity index (χ4v) is 3.21. The van der Waals surface area contributed by atoms with E-state index in [0.717, 1.165) is 25.2 Å². The second-order valence-electron chi connectivity index (χ2n) is 6.13. The summed E-state index contributed by atoms with van der Waals surface area (Å²) in [5, 5.41) is 3.43. The summed E-state index contributed by atoms with van der Waals surface area (Å²) in [6.45, 7) is 6.05. The first-order chi connectivity index (χ1) is 10.1. The van der Waals surface area contributed by atoms with Crippen molar-refractivity contribution in [2.45, 2.75) is 31.8 Å². The van der Waals surface area contributed by atoms with E-state index in [1.54, 1.807) is 12.1 Å². The lowest BCUT2D eigenvalue weighted by Gasteiger charge is -2.37. The van der Waals surface area contributed by atoms with Crippen LogP contribution >= 0.6 is 0 Å². The van der Waals surface area contributed by atoms with Gasteiger partial charge in [-0.1, -0.05) is 25.1 Å². The SMILES string of the molecule is CCNC(CN(C)C1CCCN(C)C1)c1ccccc1F. The molecule has 1 aliphatic rings. The zero-order valence-corrected chi connectivity index (χ0v) is 13.5. The first-order valence-corrected chi connectivity index (χ1v) is 7.98. The summed E-state index contributed by atoms with van der Waals surface area (Å²) in [6.07, 6.45) is 2.48. The largest absolute Gasteiger partial charge is 0.309 e. The Bertz CT molecular complexity index is 438. The van der Waals surface area contributed by atoms with E-state index in [0.29, 0.717) is 6.04 Å². The molecule has 0 bridgehead atoms. The average molecular weight is 293 g/mol. The maximum atomic E-state index is 14.1. The molecule has 0 saturated carbocycles. The van der Waals surface area contributed by atoms with Crippen LogP contribution in [0.25, 0.3) is 0 Å². The standard InChI is InChI=1S/C17H28FN3/c1-4-19-17(15-9-5-6-10-16(15)18)13-21(3)14-8-7-11-20(2)12-14/h5-6,9-10,14,17,19H,4,7-8,11-13H2,1-3H3. The van der Waals surface area contributed by atoms with Gasteiger partial charge in [-0.15, -0.1) is 0 Å². The number of piperidine rings is 1. The molecule has 1 aromatic carbocycles. The third-order valence-corrected chi connectivity index (χ3v) is 4.42. The zero-order chi connectivity index (χ0) is 15.2. The Balaban J connectivity index is 2.04. The molecule has 1 saturated heterocycles. The highest BCUT2D eigenvalue weighted by Crippen LogP contribution is 2.20. The number of halogens is 1. The minimum absolute atomic E-state index is 0.0495. The van der Waals surface area contributed by atoms with E-state index in [2.05, 4.69) is 36.1 Å². The predicted octanol–water partition coefficient (Wildman–Crippen LogP) is 2.50. The van der Waals surface area contributed by atoms with Gasteiger partial charge >= 0.3 is 0 Å². The monoisotopic (exact) mass is 293 g/mol. The van der Waals surface area contributed by atoms with E-state index in [1.165, 1.54) is 19.4 Å². The van der Waals surface area contributed by atoms with E-state index in [-0.39, 0.29) is 11.9 Å². The highest BCUT2D eigenvalue weighted by Gasteiger charge is 2.24. The molecule has 1 heterocycles. The van der Waals surface area contributed by atoms with E-state index in [9.17, 15) is 4.39 Å². The molecule has 0 aromatic heterocycles. The maximum Gasteiger partial charge on any atom is 0.128 e. The Morgan fingerprint density at radius 1 is 1.43 bits per heavy atom. The third kappa shape index (κ3) is 4.50. The molecule has 1 fully saturated rings. The normalized spacial score (nSPS) is 21.7. The van der Waals surface area contributed by atoms with Crippen LogP contribution in [0.1, 0.15) is 31.4 Å². The second kappa shape index (κ2) is 7.87. The minimum atomic E-state index is -0.113. The van der Waals surface area contributed by atoms with Gasteiger partial charge in [-0.25, -0.2) is 4.39 Å². The van der Waals surface area contributed by atoms with Gasteiger partial charge in [0.1, 0.15) is 5.82 Å². The van der Waals surface area contributed by atoms with Crippen LogP contribution in [0.2, 0.25) is 0 Å². The molecule has 2 unspecified atom stereocenters. The van der Waals surface area contributed by atoms with Crippen LogP contribution in [0.4, 0.5) is 4.39 Å². The number of nitrogens with zero attached hydrogens (tertiary/aromatic N) is 2. The van der Waals surface area contributed by atoms with Crippen molar-refractivity contribution in [3.63, 3.8) is 0 Å². The van der Waals surface area contributed by atoms with Gasteiger partial charge in [-0.05, 0) is 46.1 Å². The molecule has 0 amide bonds. The van der Waals surface area contributed by atoms with Crippen molar-refractivity contribution < 1.29 is 4.39 Å². The molecule has 1 N–H and O–H groups in total. The Hall–Kier alpha value is -0.970. The van der Waals surface area contributed by atoms with Crippen LogP contribution in [-0.2, 0) is 0 Å². The van der Waals surface area contributed by atoms with Gasteiger partial charge < -0.3 is 15.1 Å². The van der Waals surface area contributed by atoms with Gasteiger partial charge in [0.2, 0.25) is 0 Å². The van der Waals surface area contributed by atoms with Crippen molar-refractivity contribution in [3.05, 3.63) is 35.6 Å². The number of likely N-dealkylation sites (tertiary alicyclic amines) is 1. The lowest BCUT2D eigenvalue weighted by molar-refractivity contribution is 0.125. The Morgan fingerprint density at radius 3 is 2.86 bits per heavy atom. The summed E-state index contributed by atoms with van der Waals surface area (Å²) in [6, 6.07) is 7.72. The summed E-state index contributed by atoms with van der Waals surface area (Å²) in [5.41, 5.74) is 0.773. The molecule has 0 spiro atoms. The predicted molar refractivity (Wildman–Crippen MR) is 86.0 cm³/mol. The number of nitrogens with one attached hydrogen (secondary N) is 1. The molecule has 0 aliphatic carbocycles. The lowest BCUT2D eigenvalue weighted by atomic mass is 10.0. The van der Waals surface area contributed by atoms with Crippen LogP contribution in [-0.4, -0.2) is 56.1 Å². The fraction of sp³-hybridized carbons (Fsp3) is 0.647. The van der Waals surface area contributed by atoms with Gasteiger partial charge in [-0.2, -0.15) is 0 Å². The Kier molecular flexibility index (Phi) is 6.15. The zero-order valence-electron chi connectivity index (χ0n) is 13.5. The molecular formula is C17H28FN3. The summed E-state index contributed by atoms with van der Waals surface area (Å²) in [4.78, 5) is 4.77.